The predicted molar refractivity (Wildman–Crippen MR) is 85.2 cm³/mol. The van der Waals surface area contributed by atoms with Gasteiger partial charge in [-0.1, -0.05) is 6.42 Å². The van der Waals surface area contributed by atoms with E-state index in [1.807, 2.05) is 0 Å². The summed E-state index contributed by atoms with van der Waals surface area (Å²) in [6, 6.07) is -1.12. The normalized spacial score (nSPS) is 21.9. The molecule has 130 valence electrons. The second kappa shape index (κ2) is 8.44. The summed E-state index contributed by atoms with van der Waals surface area (Å²) in [4.78, 5) is 38.8. The molecule has 10 nitrogen and oxygen atoms in total. The van der Waals surface area contributed by atoms with E-state index in [-0.39, 0.29) is 30.9 Å². The molecule has 2 atom stereocenters. The van der Waals surface area contributed by atoms with E-state index in [0.717, 1.165) is 12.8 Å². The molecule has 0 aromatic carbocycles. The van der Waals surface area contributed by atoms with Crippen LogP contribution in [-0.2, 0) is 9.59 Å². The Morgan fingerprint density at radius 3 is 2.70 bits per heavy atom. The Bertz CT molecular complexity index is 494. The van der Waals surface area contributed by atoms with Crippen LogP contribution in [-0.4, -0.2) is 48.5 Å². The van der Waals surface area contributed by atoms with E-state index in [2.05, 4.69) is 20.9 Å². The van der Waals surface area contributed by atoms with E-state index < -0.39 is 17.5 Å². The standard InChI is InChI=1S/C13H25N7O3/c1-13(7-17-12(18-10(13)22)19-11(16)23)20-9(21)6-8(15)4-2-3-5-14/h8H,2-7,14-15H2,1H3,(H,20,21)(H4,16,17,18,19,22,23)/t8-,13-/m1/s1. The van der Waals surface area contributed by atoms with Crippen LogP contribution in [0.25, 0.3) is 0 Å². The Balaban J connectivity index is 2.52. The first-order valence-corrected chi connectivity index (χ1v) is 7.46. The molecule has 0 aliphatic carbocycles. The van der Waals surface area contributed by atoms with Crippen molar-refractivity contribution >= 4 is 23.8 Å². The number of rotatable bonds is 7. The van der Waals surface area contributed by atoms with Gasteiger partial charge in [-0.2, -0.15) is 0 Å². The fourth-order valence-corrected chi connectivity index (χ4v) is 2.13. The number of amides is 4. The fraction of sp³-hybridized carbons (Fsp3) is 0.692. The van der Waals surface area contributed by atoms with Gasteiger partial charge in [-0.25, -0.2) is 9.79 Å². The average Bonchev–Trinajstić information content (AvgIpc) is 2.43. The number of nitrogens with two attached hydrogens (primary N) is 3. The molecule has 4 amide bonds. The Labute approximate surface area is 134 Å². The fourth-order valence-electron chi connectivity index (χ4n) is 2.13. The van der Waals surface area contributed by atoms with Gasteiger partial charge in [-0.05, 0) is 26.3 Å². The van der Waals surface area contributed by atoms with Crippen LogP contribution in [0.1, 0.15) is 32.6 Å². The zero-order valence-electron chi connectivity index (χ0n) is 13.2. The van der Waals surface area contributed by atoms with E-state index >= 15 is 0 Å². The third-order valence-electron chi connectivity index (χ3n) is 3.42. The van der Waals surface area contributed by atoms with Crippen molar-refractivity contribution in [2.75, 3.05) is 13.1 Å². The van der Waals surface area contributed by atoms with Crippen LogP contribution in [0.3, 0.4) is 0 Å². The largest absolute Gasteiger partial charge is 0.351 e. The molecule has 10 heteroatoms. The number of hydrogen-bond acceptors (Lipinski definition) is 6. The van der Waals surface area contributed by atoms with Crippen LogP contribution in [0.15, 0.2) is 4.99 Å². The van der Waals surface area contributed by atoms with E-state index in [9.17, 15) is 14.4 Å². The average molecular weight is 327 g/mol. The van der Waals surface area contributed by atoms with Crippen molar-refractivity contribution in [3.63, 3.8) is 0 Å². The Kier molecular flexibility index (Phi) is 6.91. The highest BCUT2D eigenvalue weighted by molar-refractivity contribution is 6.08. The number of hydrogen-bond donors (Lipinski definition) is 6. The molecule has 0 aromatic rings. The van der Waals surface area contributed by atoms with Crippen molar-refractivity contribution in [1.82, 2.24) is 16.0 Å². The third-order valence-corrected chi connectivity index (χ3v) is 3.42. The smallest absolute Gasteiger partial charge is 0.318 e. The number of primary amides is 1. The molecule has 0 aromatic heterocycles. The molecule has 23 heavy (non-hydrogen) atoms. The summed E-state index contributed by atoms with van der Waals surface area (Å²) in [5.41, 5.74) is 15.0. The summed E-state index contributed by atoms with van der Waals surface area (Å²) in [5.74, 6) is -0.849. The molecule has 1 rings (SSSR count). The van der Waals surface area contributed by atoms with Gasteiger partial charge in [0.1, 0.15) is 5.54 Å². The van der Waals surface area contributed by atoms with Crippen molar-refractivity contribution in [2.24, 2.45) is 22.2 Å². The lowest BCUT2D eigenvalue weighted by Gasteiger charge is -2.32. The SMILES string of the molecule is C[C@@]1(NC(=O)C[C@H](N)CCCCN)CN=C(NC(N)=O)NC1=O. The maximum atomic E-state index is 12.1. The summed E-state index contributed by atoms with van der Waals surface area (Å²) < 4.78 is 0. The summed E-state index contributed by atoms with van der Waals surface area (Å²) in [7, 11) is 0. The maximum absolute atomic E-state index is 12.1. The van der Waals surface area contributed by atoms with Crippen LogP contribution in [0.4, 0.5) is 4.79 Å². The summed E-state index contributed by atoms with van der Waals surface area (Å²) in [5, 5.41) is 7.19. The third kappa shape index (κ3) is 6.20. The molecule has 0 saturated heterocycles. The number of guanidine groups is 1. The molecule has 9 N–H and O–H groups in total. The van der Waals surface area contributed by atoms with Gasteiger partial charge in [0.2, 0.25) is 11.9 Å². The summed E-state index contributed by atoms with van der Waals surface area (Å²) in [6.45, 7) is 2.13. The highest BCUT2D eigenvalue weighted by Gasteiger charge is 2.38. The van der Waals surface area contributed by atoms with Crippen molar-refractivity contribution in [3.8, 4) is 0 Å². The highest BCUT2D eigenvalue weighted by atomic mass is 16.2. The molecular weight excluding hydrogens is 302 g/mol. The van der Waals surface area contributed by atoms with Crippen LogP contribution >= 0.6 is 0 Å². The van der Waals surface area contributed by atoms with Crippen molar-refractivity contribution < 1.29 is 14.4 Å². The topological polar surface area (TPSA) is 178 Å². The molecule has 0 unspecified atom stereocenters. The minimum Gasteiger partial charge on any atom is -0.351 e. The quantitative estimate of drug-likeness (QED) is 0.292. The number of carbonyl (C=O) groups is 3. The van der Waals surface area contributed by atoms with Gasteiger partial charge in [0.05, 0.1) is 6.54 Å². The molecule has 1 aliphatic rings. The van der Waals surface area contributed by atoms with Gasteiger partial charge in [-0.15, -0.1) is 0 Å². The van der Waals surface area contributed by atoms with E-state index in [1.165, 1.54) is 0 Å². The number of urea groups is 1. The van der Waals surface area contributed by atoms with Crippen LogP contribution < -0.4 is 33.2 Å². The zero-order chi connectivity index (χ0) is 17.5. The van der Waals surface area contributed by atoms with E-state index in [1.54, 1.807) is 6.92 Å². The molecule has 0 radical (unpaired) electrons. The predicted octanol–water partition coefficient (Wildman–Crippen LogP) is -2.14. The lowest BCUT2D eigenvalue weighted by Crippen LogP contribution is -2.65. The number of nitrogens with one attached hydrogen (secondary N) is 3. The van der Waals surface area contributed by atoms with E-state index in [0.29, 0.717) is 13.0 Å². The molecule has 0 spiro atoms. The number of nitrogens with zero attached hydrogens (tertiary/aromatic N) is 1. The number of carbonyl (C=O) groups excluding carboxylic acids is 3. The van der Waals surface area contributed by atoms with Gasteiger partial charge >= 0.3 is 6.03 Å². The Morgan fingerprint density at radius 2 is 2.13 bits per heavy atom. The number of unbranched alkanes of at least 4 members (excludes halogenated alkanes) is 1. The van der Waals surface area contributed by atoms with Gasteiger partial charge in [0.25, 0.3) is 5.91 Å². The molecule has 0 saturated carbocycles. The van der Waals surface area contributed by atoms with Crippen molar-refractivity contribution in [3.05, 3.63) is 0 Å². The molecule has 0 bridgehead atoms. The first-order valence-electron chi connectivity index (χ1n) is 7.46. The minimum atomic E-state index is -1.20. The monoisotopic (exact) mass is 327 g/mol. The second-order valence-electron chi connectivity index (χ2n) is 5.74. The first kappa shape index (κ1) is 18.8. The van der Waals surface area contributed by atoms with E-state index in [4.69, 9.17) is 17.2 Å². The van der Waals surface area contributed by atoms with Gasteiger partial charge in [-0.3, -0.25) is 20.2 Å². The summed E-state index contributed by atoms with van der Waals surface area (Å²) in [6.07, 6.45) is 2.52. The second-order valence-corrected chi connectivity index (χ2v) is 5.74. The lowest BCUT2D eigenvalue weighted by atomic mass is 9.99. The lowest BCUT2D eigenvalue weighted by molar-refractivity contribution is -0.132. The molecule has 1 heterocycles. The maximum Gasteiger partial charge on any atom is 0.318 e. The van der Waals surface area contributed by atoms with Crippen molar-refractivity contribution in [1.29, 1.82) is 0 Å². The molecular formula is C13H25N7O3. The Hall–Kier alpha value is -2.20. The van der Waals surface area contributed by atoms with Crippen LogP contribution in [0.5, 0.6) is 0 Å². The van der Waals surface area contributed by atoms with Crippen molar-refractivity contribution in [2.45, 2.75) is 44.2 Å². The molecule has 0 fully saturated rings. The van der Waals surface area contributed by atoms with Gasteiger partial charge in [0, 0.05) is 12.5 Å². The molecule has 1 aliphatic heterocycles. The minimum absolute atomic E-state index is 0.0113. The first-order chi connectivity index (χ1) is 10.8. The Morgan fingerprint density at radius 1 is 1.43 bits per heavy atom. The van der Waals surface area contributed by atoms with Gasteiger partial charge in [0.15, 0.2) is 0 Å². The summed E-state index contributed by atoms with van der Waals surface area (Å²) >= 11 is 0. The zero-order valence-corrected chi connectivity index (χ0v) is 13.2. The number of aliphatic imine (C=N–C) groups is 1. The highest BCUT2D eigenvalue weighted by Crippen LogP contribution is 2.10. The van der Waals surface area contributed by atoms with Crippen LogP contribution in [0, 0.1) is 0 Å². The van der Waals surface area contributed by atoms with Crippen LogP contribution in [0.2, 0.25) is 0 Å². The van der Waals surface area contributed by atoms with Gasteiger partial charge < -0.3 is 22.5 Å².